The van der Waals surface area contributed by atoms with Crippen molar-refractivity contribution in [2.45, 2.75) is 0 Å². The fraction of sp³-hybridized carbons (Fsp3) is 0.0667. The highest BCUT2D eigenvalue weighted by atomic mass is 19.1. The van der Waals surface area contributed by atoms with Crippen LogP contribution in [0.4, 0.5) is 15.8 Å². The minimum Gasteiger partial charge on any atom is -0.478 e. The quantitative estimate of drug-likeness (QED) is 0.849. The number of carbonyl (C=O) groups is 2. The molecule has 0 unspecified atom stereocenters. The van der Waals surface area contributed by atoms with Crippen molar-refractivity contribution in [1.82, 2.24) is 0 Å². The van der Waals surface area contributed by atoms with Crippen molar-refractivity contribution in [3.8, 4) is 0 Å². The topological polar surface area (TPSA) is 83.6 Å². The number of halogens is 1. The molecule has 0 aliphatic carbocycles. The lowest BCUT2D eigenvalue weighted by molar-refractivity contribution is 0.0698. The van der Waals surface area contributed by atoms with E-state index in [1.165, 1.54) is 43.4 Å². The van der Waals surface area contributed by atoms with Gasteiger partial charge in [0.1, 0.15) is 5.82 Å². The van der Waals surface area contributed by atoms with Gasteiger partial charge in [-0.2, -0.15) is 0 Å². The Bertz CT molecular complexity index is 716. The number of nitrogens with two attached hydrogens (primary N) is 1. The summed E-state index contributed by atoms with van der Waals surface area (Å²) in [6, 6.07) is 9.40. The van der Waals surface area contributed by atoms with Crippen molar-refractivity contribution < 1.29 is 19.1 Å². The van der Waals surface area contributed by atoms with Crippen LogP contribution >= 0.6 is 0 Å². The van der Waals surface area contributed by atoms with Crippen LogP contribution in [0, 0.1) is 5.82 Å². The standard InChI is InChI=1S/C15H13FN2O3/c1-18(14(19)9-3-2-4-10(16)7-9)13-6-5-11(17)8-12(13)15(20)21/h2-8H,17H2,1H3,(H,20,21). The number of aromatic carboxylic acids is 1. The van der Waals surface area contributed by atoms with Gasteiger partial charge < -0.3 is 15.7 Å². The summed E-state index contributed by atoms with van der Waals surface area (Å²) < 4.78 is 13.2. The summed E-state index contributed by atoms with van der Waals surface area (Å²) in [5.41, 5.74) is 6.06. The Balaban J connectivity index is 2.42. The van der Waals surface area contributed by atoms with Crippen LogP contribution in [0.1, 0.15) is 20.7 Å². The maximum Gasteiger partial charge on any atom is 0.337 e. The number of carboxylic acids is 1. The third kappa shape index (κ3) is 3.00. The van der Waals surface area contributed by atoms with E-state index in [1.807, 2.05) is 0 Å². The van der Waals surface area contributed by atoms with E-state index in [1.54, 1.807) is 0 Å². The van der Waals surface area contributed by atoms with Gasteiger partial charge in [-0.25, -0.2) is 9.18 Å². The first kappa shape index (κ1) is 14.5. The molecule has 0 heterocycles. The number of carbonyl (C=O) groups excluding carboxylic acids is 1. The number of amides is 1. The molecular formula is C15H13FN2O3. The molecule has 5 nitrogen and oxygen atoms in total. The first-order valence-corrected chi connectivity index (χ1v) is 6.06. The largest absolute Gasteiger partial charge is 0.478 e. The Kier molecular flexibility index (Phi) is 3.89. The fourth-order valence-electron chi connectivity index (χ4n) is 1.94. The van der Waals surface area contributed by atoms with Crippen molar-refractivity contribution in [3.05, 3.63) is 59.4 Å². The van der Waals surface area contributed by atoms with Gasteiger partial charge in [0.05, 0.1) is 11.3 Å². The highest BCUT2D eigenvalue weighted by Crippen LogP contribution is 2.24. The van der Waals surface area contributed by atoms with Gasteiger partial charge in [0.15, 0.2) is 0 Å². The Morgan fingerprint density at radius 3 is 2.52 bits per heavy atom. The molecule has 2 rings (SSSR count). The molecule has 0 saturated carbocycles. The van der Waals surface area contributed by atoms with Gasteiger partial charge in [0.25, 0.3) is 5.91 Å². The third-order valence-corrected chi connectivity index (χ3v) is 2.99. The van der Waals surface area contributed by atoms with Crippen molar-refractivity contribution in [1.29, 1.82) is 0 Å². The highest BCUT2D eigenvalue weighted by molar-refractivity contribution is 6.09. The van der Waals surface area contributed by atoms with E-state index in [-0.39, 0.29) is 22.5 Å². The number of anilines is 2. The van der Waals surface area contributed by atoms with Gasteiger partial charge >= 0.3 is 5.97 Å². The molecule has 0 aliphatic rings. The van der Waals surface area contributed by atoms with E-state index in [4.69, 9.17) is 5.73 Å². The van der Waals surface area contributed by atoms with Crippen LogP contribution in [-0.2, 0) is 0 Å². The smallest absolute Gasteiger partial charge is 0.337 e. The van der Waals surface area contributed by atoms with Gasteiger partial charge in [-0.3, -0.25) is 4.79 Å². The second-order valence-electron chi connectivity index (χ2n) is 4.46. The molecule has 1 amide bonds. The van der Waals surface area contributed by atoms with Crippen LogP contribution in [0.2, 0.25) is 0 Å². The van der Waals surface area contributed by atoms with Crippen molar-refractivity contribution in [2.24, 2.45) is 0 Å². The number of carboxylic acid groups (broad SMARTS) is 1. The maximum atomic E-state index is 13.2. The van der Waals surface area contributed by atoms with Gasteiger partial charge in [-0.1, -0.05) is 6.07 Å². The zero-order valence-corrected chi connectivity index (χ0v) is 11.2. The molecule has 0 bridgehead atoms. The number of hydrogen-bond acceptors (Lipinski definition) is 3. The van der Waals surface area contributed by atoms with Crippen LogP contribution in [0.5, 0.6) is 0 Å². The second-order valence-corrected chi connectivity index (χ2v) is 4.46. The lowest BCUT2D eigenvalue weighted by Crippen LogP contribution is -2.28. The van der Waals surface area contributed by atoms with Crippen LogP contribution in [0.3, 0.4) is 0 Å². The second kappa shape index (κ2) is 5.62. The molecule has 21 heavy (non-hydrogen) atoms. The molecule has 0 saturated heterocycles. The molecule has 3 N–H and O–H groups in total. The normalized spacial score (nSPS) is 10.2. The Labute approximate surface area is 120 Å². The van der Waals surface area contributed by atoms with Crippen molar-refractivity contribution in [3.63, 3.8) is 0 Å². The zero-order chi connectivity index (χ0) is 15.6. The van der Waals surface area contributed by atoms with E-state index < -0.39 is 17.7 Å². The first-order valence-electron chi connectivity index (χ1n) is 6.06. The Morgan fingerprint density at radius 2 is 1.90 bits per heavy atom. The average Bonchev–Trinajstić information content (AvgIpc) is 2.45. The van der Waals surface area contributed by atoms with E-state index in [0.29, 0.717) is 0 Å². The van der Waals surface area contributed by atoms with Crippen LogP contribution in [0.25, 0.3) is 0 Å². The fourth-order valence-corrected chi connectivity index (χ4v) is 1.94. The van der Waals surface area contributed by atoms with Gasteiger partial charge in [0.2, 0.25) is 0 Å². The predicted molar refractivity (Wildman–Crippen MR) is 76.9 cm³/mol. The molecule has 2 aromatic carbocycles. The molecule has 6 heteroatoms. The average molecular weight is 288 g/mol. The number of rotatable bonds is 3. The number of benzene rings is 2. The minimum absolute atomic E-state index is 0.0951. The summed E-state index contributed by atoms with van der Waals surface area (Å²) in [7, 11) is 1.42. The molecule has 0 fully saturated rings. The van der Waals surface area contributed by atoms with E-state index in [0.717, 1.165) is 11.0 Å². The number of hydrogen-bond donors (Lipinski definition) is 2. The molecule has 0 aromatic heterocycles. The summed E-state index contributed by atoms with van der Waals surface area (Å²) in [4.78, 5) is 24.7. The molecule has 0 radical (unpaired) electrons. The van der Waals surface area contributed by atoms with Crippen LogP contribution in [-0.4, -0.2) is 24.0 Å². The number of nitrogens with zero attached hydrogens (tertiary/aromatic N) is 1. The summed E-state index contributed by atoms with van der Waals surface area (Å²) in [5, 5.41) is 9.18. The highest BCUT2D eigenvalue weighted by Gasteiger charge is 2.20. The first-order chi connectivity index (χ1) is 9.90. The van der Waals surface area contributed by atoms with Crippen LogP contribution < -0.4 is 10.6 Å². The summed E-state index contributed by atoms with van der Waals surface area (Å²) in [6.07, 6.45) is 0. The third-order valence-electron chi connectivity index (χ3n) is 2.99. The summed E-state index contributed by atoms with van der Waals surface area (Å²) in [6.45, 7) is 0. The summed E-state index contributed by atoms with van der Waals surface area (Å²) >= 11 is 0. The monoisotopic (exact) mass is 288 g/mol. The maximum absolute atomic E-state index is 13.2. The molecular weight excluding hydrogens is 275 g/mol. The van der Waals surface area contributed by atoms with Crippen molar-refractivity contribution >= 4 is 23.3 Å². The SMILES string of the molecule is CN(C(=O)c1cccc(F)c1)c1ccc(N)cc1C(=O)O. The van der Waals surface area contributed by atoms with E-state index in [2.05, 4.69) is 0 Å². The van der Waals surface area contributed by atoms with Crippen molar-refractivity contribution in [2.75, 3.05) is 17.7 Å². The lowest BCUT2D eigenvalue weighted by atomic mass is 10.1. The van der Waals surface area contributed by atoms with Gasteiger partial charge in [-0.05, 0) is 36.4 Å². The predicted octanol–water partition coefficient (Wildman–Crippen LogP) is 2.38. The van der Waals surface area contributed by atoms with E-state index in [9.17, 15) is 19.1 Å². The summed E-state index contributed by atoms with van der Waals surface area (Å²) in [5.74, 6) is -2.25. The van der Waals surface area contributed by atoms with Gasteiger partial charge in [0, 0.05) is 18.3 Å². The van der Waals surface area contributed by atoms with Crippen LogP contribution in [0.15, 0.2) is 42.5 Å². The zero-order valence-electron chi connectivity index (χ0n) is 11.2. The van der Waals surface area contributed by atoms with E-state index >= 15 is 0 Å². The Hall–Kier alpha value is -2.89. The lowest BCUT2D eigenvalue weighted by Gasteiger charge is -2.19. The molecule has 0 atom stereocenters. The van der Waals surface area contributed by atoms with Gasteiger partial charge in [-0.15, -0.1) is 0 Å². The molecule has 2 aromatic rings. The number of nitrogen functional groups attached to an aromatic ring is 1. The minimum atomic E-state index is -1.20. The molecule has 0 spiro atoms. The Morgan fingerprint density at radius 1 is 1.19 bits per heavy atom. The molecule has 108 valence electrons. The molecule has 0 aliphatic heterocycles.